The lowest BCUT2D eigenvalue weighted by molar-refractivity contribution is 0.187. The van der Waals surface area contributed by atoms with Gasteiger partial charge in [0.05, 0.1) is 13.7 Å². The third-order valence-electron chi connectivity index (χ3n) is 3.53. The van der Waals surface area contributed by atoms with E-state index in [1.807, 2.05) is 12.1 Å². The first-order valence-corrected chi connectivity index (χ1v) is 6.82. The predicted octanol–water partition coefficient (Wildman–Crippen LogP) is 2.08. The van der Waals surface area contributed by atoms with E-state index in [4.69, 9.17) is 9.84 Å². The van der Waals surface area contributed by atoms with Crippen LogP contribution in [0.4, 0.5) is 0 Å². The van der Waals surface area contributed by atoms with E-state index in [1.54, 1.807) is 7.11 Å². The number of benzene rings is 1. The quantitative estimate of drug-likeness (QED) is 0.765. The number of aliphatic hydroxyl groups excluding tert-OH is 1. The van der Waals surface area contributed by atoms with E-state index in [0.717, 1.165) is 37.7 Å². The van der Waals surface area contributed by atoms with E-state index >= 15 is 0 Å². The summed E-state index contributed by atoms with van der Waals surface area (Å²) in [7, 11) is 1.72. The molecule has 100 valence electrons. The van der Waals surface area contributed by atoms with E-state index in [2.05, 4.69) is 17.0 Å². The van der Waals surface area contributed by atoms with Gasteiger partial charge in [-0.15, -0.1) is 0 Å². The summed E-state index contributed by atoms with van der Waals surface area (Å²) in [6.45, 7) is 2.16. The highest BCUT2D eigenvalue weighted by molar-refractivity contribution is 5.33. The van der Waals surface area contributed by atoms with Gasteiger partial charge in [0.2, 0.25) is 0 Å². The highest BCUT2D eigenvalue weighted by Crippen LogP contribution is 2.27. The van der Waals surface area contributed by atoms with Gasteiger partial charge in [-0.1, -0.05) is 18.2 Å². The molecule has 0 heterocycles. The van der Waals surface area contributed by atoms with E-state index in [0.29, 0.717) is 0 Å². The summed E-state index contributed by atoms with van der Waals surface area (Å²) in [4.78, 5) is 2.41. The van der Waals surface area contributed by atoms with Crippen LogP contribution < -0.4 is 4.74 Å². The van der Waals surface area contributed by atoms with Gasteiger partial charge in [-0.2, -0.15) is 0 Å². The zero-order chi connectivity index (χ0) is 12.8. The van der Waals surface area contributed by atoms with Crippen LogP contribution in [0.25, 0.3) is 0 Å². The summed E-state index contributed by atoms with van der Waals surface area (Å²) in [6.07, 6.45) is 4.76. The van der Waals surface area contributed by atoms with Gasteiger partial charge < -0.3 is 9.84 Å². The van der Waals surface area contributed by atoms with Crippen LogP contribution in [0.1, 0.15) is 24.8 Å². The van der Waals surface area contributed by atoms with Crippen molar-refractivity contribution < 1.29 is 9.84 Å². The van der Waals surface area contributed by atoms with Crippen molar-refractivity contribution in [2.24, 2.45) is 0 Å². The number of methoxy groups -OCH3 is 1. The minimum atomic E-state index is 0.269. The fourth-order valence-corrected chi connectivity index (χ4v) is 2.43. The van der Waals surface area contributed by atoms with Crippen molar-refractivity contribution in [3.63, 3.8) is 0 Å². The van der Waals surface area contributed by atoms with Crippen molar-refractivity contribution >= 4 is 0 Å². The Morgan fingerprint density at radius 1 is 1.28 bits per heavy atom. The summed E-state index contributed by atoms with van der Waals surface area (Å²) in [5, 5.41) is 9.05. The van der Waals surface area contributed by atoms with Crippen LogP contribution in [0.15, 0.2) is 24.3 Å². The van der Waals surface area contributed by atoms with Gasteiger partial charge in [-0.25, -0.2) is 0 Å². The summed E-state index contributed by atoms with van der Waals surface area (Å²) >= 11 is 0. The molecular formula is C15H23NO2. The van der Waals surface area contributed by atoms with Gasteiger partial charge in [0, 0.05) is 12.6 Å². The molecule has 1 fully saturated rings. The average molecular weight is 249 g/mol. The Kier molecular flexibility index (Phi) is 5.02. The van der Waals surface area contributed by atoms with Crippen LogP contribution in [0.3, 0.4) is 0 Å². The number of aryl methyl sites for hydroxylation is 1. The SMILES string of the molecule is COc1ccccc1CCCN(CCO)C1CC1. The first-order chi connectivity index (χ1) is 8.85. The van der Waals surface area contributed by atoms with Crippen LogP contribution in [-0.4, -0.2) is 42.9 Å². The van der Waals surface area contributed by atoms with Crippen molar-refractivity contribution in [2.75, 3.05) is 26.8 Å². The topological polar surface area (TPSA) is 32.7 Å². The molecule has 1 aliphatic rings. The Labute approximate surface area is 109 Å². The van der Waals surface area contributed by atoms with Crippen LogP contribution in [0, 0.1) is 0 Å². The molecular weight excluding hydrogens is 226 g/mol. The standard InChI is InChI=1S/C15H23NO2/c1-18-15-7-3-2-5-13(15)6-4-10-16(11-12-17)14-8-9-14/h2-3,5,7,14,17H,4,6,8-12H2,1H3. The molecule has 0 atom stereocenters. The third kappa shape index (κ3) is 3.72. The fourth-order valence-electron chi connectivity index (χ4n) is 2.43. The average Bonchev–Trinajstić information content (AvgIpc) is 3.22. The van der Waals surface area contributed by atoms with Crippen LogP contribution in [0.5, 0.6) is 5.75 Å². The number of hydrogen-bond donors (Lipinski definition) is 1. The summed E-state index contributed by atoms with van der Waals surface area (Å²) < 4.78 is 5.36. The molecule has 0 saturated heterocycles. The molecule has 0 amide bonds. The Balaban J connectivity index is 1.79. The number of nitrogens with zero attached hydrogens (tertiary/aromatic N) is 1. The first-order valence-electron chi connectivity index (χ1n) is 6.82. The van der Waals surface area contributed by atoms with E-state index in [9.17, 15) is 0 Å². The molecule has 0 bridgehead atoms. The third-order valence-corrected chi connectivity index (χ3v) is 3.53. The zero-order valence-corrected chi connectivity index (χ0v) is 11.1. The first kappa shape index (κ1) is 13.4. The number of rotatable bonds is 8. The number of hydrogen-bond acceptors (Lipinski definition) is 3. The van der Waals surface area contributed by atoms with Gasteiger partial charge in [0.25, 0.3) is 0 Å². The Morgan fingerprint density at radius 2 is 2.06 bits per heavy atom. The van der Waals surface area contributed by atoms with Crippen LogP contribution >= 0.6 is 0 Å². The largest absolute Gasteiger partial charge is 0.496 e. The smallest absolute Gasteiger partial charge is 0.122 e. The Hall–Kier alpha value is -1.06. The molecule has 3 nitrogen and oxygen atoms in total. The predicted molar refractivity (Wildman–Crippen MR) is 73.0 cm³/mol. The second-order valence-corrected chi connectivity index (χ2v) is 4.91. The van der Waals surface area contributed by atoms with Gasteiger partial charge in [-0.05, 0) is 43.9 Å². The Morgan fingerprint density at radius 3 is 2.72 bits per heavy atom. The summed E-state index contributed by atoms with van der Waals surface area (Å²) in [5.41, 5.74) is 1.28. The zero-order valence-electron chi connectivity index (χ0n) is 11.1. The molecule has 0 aromatic heterocycles. The van der Waals surface area contributed by atoms with Crippen LogP contribution in [0.2, 0.25) is 0 Å². The van der Waals surface area contributed by atoms with Gasteiger partial charge >= 0.3 is 0 Å². The minimum absolute atomic E-state index is 0.269. The maximum Gasteiger partial charge on any atom is 0.122 e. The summed E-state index contributed by atoms with van der Waals surface area (Å²) in [6, 6.07) is 8.94. The molecule has 0 radical (unpaired) electrons. The maximum atomic E-state index is 9.05. The second kappa shape index (κ2) is 6.76. The van der Waals surface area contributed by atoms with E-state index in [1.165, 1.54) is 18.4 Å². The van der Waals surface area contributed by atoms with Gasteiger partial charge in [0.15, 0.2) is 0 Å². The lowest BCUT2D eigenvalue weighted by Gasteiger charge is -2.20. The molecule has 1 aromatic carbocycles. The summed E-state index contributed by atoms with van der Waals surface area (Å²) in [5.74, 6) is 0.984. The molecule has 0 unspecified atom stereocenters. The normalized spacial score (nSPS) is 15.1. The number of para-hydroxylation sites is 1. The molecule has 1 aliphatic carbocycles. The highest BCUT2D eigenvalue weighted by Gasteiger charge is 2.27. The second-order valence-electron chi connectivity index (χ2n) is 4.91. The Bertz CT molecular complexity index is 363. The molecule has 1 N–H and O–H groups in total. The number of aliphatic hydroxyl groups is 1. The van der Waals surface area contributed by atoms with Crippen molar-refractivity contribution in [1.82, 2.24) is 4.90 Å². The molecule has 0 spiro atoms. The van der Waals surface area contributed by atoms with Crippen molar-refractivity contribution in [2.45, 2.75) is 31.7 Å². The van der Waals surface area contributed by atoms with Crippen molar-refractivity contribution in [3.05, 3.63) is 29.8 Å². The van der Waals surface area contributed by atoms with Crippen molar-refractivity contribution in [3.8, 4) is 5.75 Å². The molecule has 18 heavy (non-hydrogen) atoms. The van der Waals surface area contributed by atoms with Crippen molar-refractivity contribution in [1.29, 1.82) is 0 Å². The van der Waals surface area contributed by atoms with Gasteiger partial charge in [-0.3, -0.25) is 4.90 Å². The molecule has 0 aliphatic heterocycles. The lowest BCUT2D eigenvalue weighted by atomic mass is 10.1. The highest BCUT2D eigenvalue weighted by atomic mass is 16.5. The monoisotopic (exact) mass is 249 g/mol. The lowest BCUT2D eigenvalue weighted by Crippen LogP contribution is -2.30. The fraction of sp³-hybridized carbons (Fsp3) is 0.600. The van der Waals surface area contributed by atoms with E-state index in [-0.39, 0.29) is 6.61 Å². The van der Waals surface area contributed by atoms with Crippen LogP contribution in [-0.2, 0) is 6.42 Å². The maximum absolute atomic E-state index is 9.05. The van der Waals surface area contributed by atoms with E-state index < -0.39 is 0 Å². The molecule has 3 heteroatoms. The minimum Gasteiger partial charge on any atom is -0.496 e. The molecule has 1 saturated carbocycles. The van der Waals surface area contributed by atoms with Gasteiger partial charge in [0.1, 0.15) is 5.75 Å². The molecule has 1 aromatic rings. The number of ether oxygens (including phenoxy) is 1. The molecule has 2 rings (SSSR count).